The van der Waals surface area contributed by atoms with Crippen LogP contribution in [0.2, 0.25) is 0 Å². The van der Waals surface area contributed by atoms with Crippen LogP contribution in [0.5, 0.6) is 0 Å². The molecule has 14 heavy (non-hydrogen) atoms. The van der Waals surface area contributed by atoms with Gasteiger partial charge in [-0.05, 0) is 12.0 Å². The molecule has 1 N–H and O–H groups in total. The zero-order valence-electron chi connectivity index (χ0n) is 7.72. The first kappa shape index (κ1) is 12.7. The Morgan fingerprint density at radius 3 is 2.43 bits per heavy atom. The summed E-state index contributed by atoms with van der Waals surface area (Å²) in [6, 6.07) is 9.54. The molecular formula is C11H13ClO2. The largest absolute Gasteiger partial charge is 0.481 e. The highest BCUT2D eigenvalue weighted by Crippen LogP contribution is 2.09. The third kappa shape index (κ3) is 3.62. The van der Waals surface area contributed by atoms with E-state index in [1.807, 2.05) is 30.3 Å². The van der Waals surface area contributed by atoms with Crippen LogP contribution in [0.3, 0.4) is 0 Å². The normalized spacial score (nSPS) is 11.1. The molecule has 1 aromatic carbocycles. The summed E-state index contributed by atoms with van der Waals surface area (Å²) in [4.78, 5) is 10.7. The second-order valence-electron chi connectivity index (χ2n) is 2.87. The van der Waals surface area contributed by atoms with E-state index >= 15 is 0 Å². The van der Waals surface area contributed by atoms with Gasteiger partial charge < -0.3 is 5.11 Å². The molecule has 0 heterocycles. The number of carbonyl (C=O) groups is 1. The van der Waals surface area contributed by atoms with Crippen molar-refractivity contribution in [2.24, 2.45) is 5.92 Å². The summed E-state index contributed by atoms with van der Waals surface area (Å²) in [7, 11) is 0. The summed E-state index contributed by atoms with van der Waals surface area (Å²) in [5.41, 5.74) is 1.02. The number of hydrogen-bond donors (Lipinski definition) is 1. The molecule has 0 saturated heterocycles. The molecule has 1 rings (SSSR count). The third-order valence-corrected chi connectivity index (χ3v) is 1.90. The topological polar surface area (TPSA) is 37.3 Å². The van der Waals surface area contributed by atoms with Crippen LogP contribution >= 0.6 is 12.4 Å². The van der Waals surface area contributed by atoms with Gasteiger partial charge in [0.2, 0.25) is 0 Å². The van der Waals surface area contributed by atoms with E-state index in [-0.39, 0.29) is 12.4 Å². The maximum Gasteiger partial charge on any atom is 0.310 e. The van der Waals surface area contributed by atoms with Crippen molar-refractivity contribution in [1.29, 1.82) is 0 Å². The summed E-state index contributed by atoms with van der Waals surface area (Å²) >= 11 is 0. The average Bonchev–Trinajstić information content (AvgIpc) is 2.15. The van der Waals surface area contributed by atoms with E-state index in [0.29, 0.717) is 6.42 Å². The summed E-state index contributed by atoms with van der Waals surface area (Å²) in [5.74, 6) is -1.30. The van der Waals surface area contributed by atoms with Crippen LogP contribution in [0.4, 0.5) is 0 Å². The highest BCUT2D eigenvalue weighted by atomic mass is 35.5. The molecule has 2 nitrogen and oxygen atoms in total. The summed E-state index contributed by atoms with van der Waals surface area (Å²) in [6.07, 6.45) is 1.98. The highest BCUT2D eigenvalue weighted by molar-refractivity contribution is 5.85. The van der Waals surface area contributed by atoms with Gasteiger partial charge in [0.1, 0.15) is 0 Å². The predicted octanol–water partition coefficient (Wildman–Crippen LogP) is 2.54. The fraction of sp³-hybridized carbons (Fsp3) is 0.182. The van der Waals surface area contributed by atoms with Crippen molar-refractivity contribution in [1.82, 2.24) is 0 Å². The number of aliphatic carboxylic acids is 1. The van der Waals surface area contributed by atoms with E-state index in [4.69, 9.17) is 5.11 Å². The van der Waals surface area contributed by atoms with Crippen molar-refractivity contribution < 1.29 is 9.90 Å². The zero-order valence-corrected chi connectivity index (χ0v) is 8.54. The van der Waals surface area contributed by atoms with Gasteiger partial charge in [-0.1, -0.05) is 36.4 Å². The molecule has 0 bridgehead atoms. The van der Waals surface area contributed by atoms with E-state index in [1.165, 1.54) is 6.08 Å². The van der Waals surface area contributed by atoms with Crippen LogP contribution in [0.25, 0.3) is 0 Å². The molecule has 0 aromatic heterocycles. The molecule has 1 unspecified atom stereocenters. The second kappa shape index (κ2) is 6.22. The van der Waals surface area contributed by atoms with Crippen LogP contribution in [-0.4, -0.2) is 11.1 Å². The number of hydrogen-bond acceptors (Lipinski definition) is 1. The van der Waals surface area contributed by atoms with Gasteiger partial charge in [-0.2, -0.15) is 0 Å². The van der Waals surface area contributed by atoms with E-state index < -0.39 is 11.9 Å². The molecule has 76 valence electrons. The molecule has 0 amide bonds. The lowest BCUT2D eigenvalue weighted by atomic mass is 10.00. The lowest BCUT2D eigenvalue weighted by molar-refractivity contribution is -0.140. The minimum Gasteiger partial charge on any atom is -0.481 e. The molecule has 0 aliphatic carbocycles. The Balaban J connectivity index is 0.00000169. The molecule has 0 fully saturated rings. The van der Waals surface area contributed by atoms with E-state index in [9.17, 15) is 4.79 Å². The number of carboxylic acid groups (broad SMARTS) is 1. The van der Waals surface area contributed by atoms with Gasteiger partial charge in [-0.3, -0.25) is 4.79 Å². The van der Waals surface area contributed by atoms with Gasteiger partial charge in [0.15, 0.2) is 0 Å². The molecule has 1 aromatic rings. The van der Waals surface area contributed by atoms with Crippen molar-refractivity contribution in [3.8, 4) is 0 Å². The summed E-state index contributed by atoms with van der Waals surface area (Å²) < 4.78 is 0. The molecule has 0 aliphatic heterocycles. The van der Waals surface area contributed by atoms with Gasteiger partial charge in [-0.25, -0.2) is 0 Å². The first-order chi connectivity index (χ1) is 6.24. The fourth-order valence-electron chi connectivity index (χ4n) is 1.14. The molecule has 0 radical (unpaired) electrons. The lowest BCUT2D eigenvalue weighted by Crippen LogP contribution is -2.13. The summed E-state index contributed by atoms with van der Waals surface area (Å²) in [6.45, 7) is 3.50. The molecular weight excluding hydrogens is 200 g/mol. The SMILES string of the molecule is C=CC(Cc1ccccc1)C(=O)O.Cl. The maximum atomic E-state index is 10.7. The monoisotopic (exact) mass is 212 g/mol. The zero-order chi connectivity index (χ0) is 9.68. The van der Waals surface area contributed by atoms with Gasteiger partial charge in [0.05, 0.1) is 5.92 Å². The van der Waals surface area contributed by atoms with Crippen LogP contribution in [0.15, 0.2) is 43.0 Å². The number of benzene rings is 1. The lowest BCUT2D eigenvalue weighted by Gasteiger charge is -2.06. The number of carboxylic acids is 1. The van der Waals surface area contributed by atoms with Crippen LogP contribution in [0, 0.1) is 5.92 Å². The average molecular weight is 213 g/mol. The first-order valence-electron chi connectivity index (χ1n) is 4.13. The standard InChI is InChI=1S/C11H12O2.ClH/c1-2-10(11(12)13)8-9-6-4-3-5-7-9;/h2-7,10H,1,8H2,(H,12,13);1H. The van der Waals surface area contributed by atoms with Crippen LogP contribution < -0.4 is 0 Å². The highest BCUT2D eigenvalue weighted by Gasteiger charge is 2.12. The second-order valence-corrected chi connectivity index (χ2v) is 2.87. The van der Waals surface area contributed by atoms with Crippen molar-refractivity contribution in [3.05, 3.63) is 48.6 Å². The number of rotatable bonds is 4. The Morgan fingerprint density at radius 1 is 1.43 bits per heavy atom. The molecule has 3 heteroatoms. The molecule has 0 saturated carbocycles. The minimum absolute atomic E-state index is 0. The van der Waals surface area contributed by atoms with Crippen molar-refractivity contribution in [3.63, 3.8) is 0 Å². The van der Waals surface area contributed by atoms with E-state index in [1.54, 1.807) is 0 Å². The van der Waals surface area contributed by atoms with Crippen molar-refractivity contribution in [2.75, 3.05) is 0 Å². The van der Waals surface area contributed by atoms with Gasteiger partial charge in [-0.15, -0.1) is 19.0 Å². The number of halogens is 1. The van der Waals surface area contributed by atoms with Gasteiger partial charge >= 0.3 is 5.97 Å². The maximum absolute atomic E-state index is 10.7. The van der Waals surface area contributed by atoms with Crippen LogP contribution in [0.1, 0.15) is 5.56 Å². The molecule has 0 spiro atoms. The van der Waals surface area contributed by atoms with E-state index in [2.05, 4.69) is 6.58 Å². The van der Waals surface area contributed by atoms with Crippen molar-refractivity contribution in [2.45, 2.75) is 6.42 Å². The quantitative estimate of drug-likeness (QED) is 0.779. The summed E-state index contributed by atoms with van der Waals surface area (Å²) in [5, 5.41) is 8.76. The molecule has 1 atom stereocenters. The Labute approximate surface area is 89.7 Å². The minimum atomic E-state index is -0.821. The van der Waals surface area contributed by atoms with Gasteiger partial charge in [0.25, 0.3) is 0 Å². The van der Waals surface area contributed by atoms with Crippen molar-refractivity contribution >= 4 is 18.4 Å². The smallest absolute Gasteiger partial charge is 0.310 e. The predicted molar refractivity (Wildman–Crippen MR) is 58.7 cm³/mol. The first-order valence-corrected chi connectivity index (χ1v) is 4.13. The Morgan fingerprint density at radius 2 is 2.00 bits per heavy atom. The van der Waals surface area contributed by atoms with E-state index in [0.717, 1.165) is 5.56 Å². The third-order valence-electron chi connectivity index (χ3n) is 1.90. The Hall–Kier alpha value is -1.28. The van der Waals surface area contributed by atoms with Gasteiger partial charge in [0, 0.05) is 0 Å². The fourth-order valence-corrected chi connectivity index (χ4v) is 1.14. The Bertz CT molecular complexity index is 295. The van der Waals surface area contributed by atoms with Crippen LogP contribution in [-0.2, 0) is 11.2 Å². The molecule has 0 aliphatic rings. The Kier molecular flexibility index (Phi) is 5.65.